The van der Waals surface area contributed by atoms with E-state index in [1.165, 1.54) is 17.7 Å². The van der Waals surface area contributed by atoms with E-state index in [4.69, 9.17) is 4.74 Å². The minimum absolute atomic E-state index is 0.0654. The standard InChI is InChI=1S/C18H22FNO/c1-18(2,3)14-6-5-7-16(11-14)21-17-9-8-15(19)10-13(17)12-20-4/h5-11,20H,12H2,1-4H3. The molecule has 0 aliphatic rings. The lowest BCUT2D eigenvalue weighted by atomic mass is 9.87. The number of halogens is 1. The van der Waals surface area contributed by atoms with Crippen molar-refractivity contribution in [2.75, 3.05) is 7.05 Å². The van der Waals surface area contributed by atoms with Crippen LogP contribution in [0.5, 0.6) is 11.5 Å². The molecule has 2 nitrogen and oxygen atoms in total. The summed E-state index contributed by atoms with van der Waals surface area (Å²) in [6, 6.07) is 12.6. The van der Waals surface area contributed by atoms with E-state index in [0.29, 0.717) is 12.3 Å². The largest absolute Gasteiger partial charge is 0.457 e. The predicted octanol–water partition coefficient (Wildman–Crippen LogP) is 4.63. The van der Waals surface area contributed by atoms with Crippen LogP contribution >= 0.6 is 0 Å². The Labute approximate surface area is 126 Å². The van der Waals surface area contributed by atoms with E-state index in [-0.39, 0.29) is 11.2 Å². The van der Waals surface area contributed by atoms with Gasteiger partial charge in [-0.1, -0.05) is 32.9 Å². The summed E-state index contributed by atoms with van der Waals surface area (Å²) >= 11 is 0. The molecule has 0 radical (unpaired) electrons. The maximum atomic E-state index is 13.3. The highest BCUT2D eigenvalue weighted by Crippen LogP contribution is 2.30. The van der Waals surface area contributed by atoms with Crippen LogP contribution in [0.2, 0.25) is 0 Å². The fourth-order valence-corrected chi connectivity index (χ4v) is 2.13. The van der Waals surface area contributed by atoms with Gasteiger partial charge in [-0.05, 0) is 48.4 Å². The summed E-state index contributed by atoms with van der Waals surface area (Å²) in [5, 5.41) is 3.03. The Balaban J connectivity index is 2.30. The first-order chi connectivity index (χ1) is 9.90. The van der Waals surface area contributed by atoms with E-state index < -0.39 is 0 Å². The number of nitrogens with one attached hydrogen (secondary N) is 1. The zero-order valence-corrected chi connectivity index (χ0v) is 13.0. The number of rotatable bonds is 4. The molecule has 0 saturated carbocycles. The highest BCUT2D eigenvalue weighted by Gasteiger charge is 2.14. The molecule has 2 rings (SSSR count). The first-order valence-corrected chi connectivity index (χ1v) is 7.11. The summed E-state index contributed by atoms with van der Waals surface area (Å²) in [6.07, 6.45) is 0. The number of hydrogen-bond donors (Lipinski definition) is 1. The first-order valence-electron chi connectivity index (χ1n) is 7.11. The van der Waals surface area contributed by atoms with E-state index in [2.05, 4.69) is 32.2 Å². The van der Waals surface area contributed by atoms with Gasteiger partial charge in [0.2, 0.25) is 0 Å². The molecule has 2 aromatic rings. The van der Waals surface area contributed by atoms with Crippen molar-refractivity contribution in [2.24, 2.45) is 0 Å². The second kappa shape index (κ2) is 6.27. The van der Waals surface area contributed by atoms with Crippen LogP contribution in [-0.4, -0.2) is 7.05 Å². The molecule has 0 amide bonds. The molecule has 0 spiro atoms. The van der Waals surface area contributed by atoms with Gasteiger partial charge < -0.3 is 10.1 Å². The molecular weight excluding hydrogens is 265 g/mol. The van der Waals surface area contributed by atoms with E-state index in [0.717, 1.165) is 11.3 Å². The average Bonchev–Trinajstić information content (AvgIpc) is 2.42. The summed E-state index contributed by atoms with van der Waals surface area (Å²) in [5.41, 5.74) is 2.08. The van der Waals surface area contributed by atoms with Crippen molar-refractivity contribution in [3.63, 3.8) is 0 Å². The highest BCUT2D eigenvalue weighted by molar-refractivity contribution is 5.40. The third-order valence-electron chi connectivity index (χ3n) is 3.32. The molecule has 21 heavy (non-hydrogen) atoms. The van der Waals surface area contributed by atoms with E-state index in [9.17, 15) is 4.39 Å². The lowest BCUT2D eigenvalue weighted by Crippen LogP contribution is -2.11. The monoisotopic (exact) mass is 287 g/mol. The summed E-state index contributed by atoms with van der Waals surface area (Å²) in [5.74, 6) is 1.19. The third kappa shape index (κ3) is 4.05. The van der Waals surface area contributed by atoms with Gasteiger partial charge in [-0.2, -0.15) is 0 Å². The molecule has 0 heterocycles. The second-order valence-electron chi connectivity index (χ2n) is 6.16. The van der Waals surface area contributed by atoms with Crippen LogP contribution < -0.4 is 10.1 Å². The SMILES string of the molecule is CNCc1cc(F)ccc1Oc1cccc(C(C)(C)C)c1. The molecule has 0 aliphatic carbocycles. The first kappa shape index (κ1) is 15.5. The lowest BCUT2D eigenvalue weighted by Gasteiger charge is -2.20. The molecular formula is C18H22FNO. The normalized spacial score (nSPS) is 11.5. The van der Waals surface area contributed by atoms with Gasteiger partial charge in [-0.15, -0.1) is 0 Å². The van der Waals surface area contributed by atoms with Crippen LogP contribution in [0.15, 0.2) is 42.5 Å². The van der Waals surface area contributed by atoms with Gasteiger partial charge in [0.25, 0.3) is 0 Å². The van der Waals surface area contributed by atoms with Crippen LogP contribution in [-0.2, 0) is 12.0 Å². The van der Waals surface area contributed by atoms with Crippen molar-refractivity contribution in [1.82, 2.24) is 5.32 Å². The Hall–Kier alpha value is -1.87. The molecule has 0 unspecified atom stereocenters. The fraction of sp³-hybridized carbons (Fsp3) is 0.333. The molecule has 0 bridgehead atoms. The van der Waals surface area contributed by atoms with Gasteiger partial charge in [-0.25, -0.2) is 4.39 Å². The number of benzene rings is 2. The fourth-order valence-electron chi connectivity index (χ4n) is 2.13. The molecule has 0 saturated heterocycles. The van der Waals surface area contributed by atoms with Gasteiger partial charge >= 0.3 is 0 Å². The van der Waals surface area contributed by atoms with Crippen LogP contribution in [0.4, 0.5) is 4.39 Å². The molecule has 2 aromatic carbocycles. The van der Waals surface area contributed by atoms with Crippen molar-refractivity contribution in [2.45, 2.75) is 32.7 Å². The summed E-state index contributed by atoms with van der Waals surface area (Å²) < 4.78 is 19.3. The van der Waals surface area contributed by atoms with Gasteiger partial charge in [0, 0.05) is 12.1 Å². The molecule has 112 valence electrons. The molecule has 0 aliphatic heterocycles. The number of hydrogen-bond acceptors (Lipinski definition) is 2. The lowest BCUT2D eigenvalue weighted by molar-refractivity contribution is 0.468. The molecule has 0 atom stereocenters. The maximum absolute atomic E-state index is 13.3. The Bertz CT molecular complexity index is 617. The van der Waals surface area contributed by atoms with E-state index >= 15 is 0 Å². The Kier molecular flexibility index (Phi) is 4.63. The minimum Gasteiger partial charge on any atom is -0.457 e. The van der Waals surface area contributed by atoms with Crippen LogP contribution in [0, 0.1) is 5.82 Å². The minimum atomic E-state index is -0.254. The molecule has 1 N–H and O–H groups in total. The van der Waals surface area contributed by atoms with Crippen molar-refractivity contribution < 1.29 is 9.13 Å². The molecule has 0 fully saturated rings. The Morgan fingerprint density at radius 2 is 1.86 bits per heavy atom. The highest BCUT2D eigenvalue weighted by atomic mass is 19.1. The Morgan fingerprint density at radius 3 is 2.52 bits per heavy atom. The Morgan fingerprint density at radius 1 is 1.10 bits per heavy atom. The topological polar surface area (TPSA) is 21.3 Å². The van der Waals surface area contributed by atoms with Gasteiger partial charge in [0.1, 0.15) is 17.3 Å². The zero-order chi connectivity index (χ0) is 15.5. The maximum Gasteiger partial charge on any atom is 0.132 e. The quantitative estimate of drug-likeness (QED) is 0.885. The van der Waals surface area contributed by atoms with Crippen LogP contribution in [0.25, 0.3) is 0 Å². The third-order valence-corrected chi connectivity index (χ3v) is 3.32. The van der Waals surface area contributed by atoms with Crippen LogP contribution in [0.3, 0.4) is 0 Å². The summed E-state index contributed by atoms with van der Waals surface area (Å²) in [6.45, 7) is 7.05. The van der Waals surface area contributed by atoms with Crippen molar-refractivity contribution in [3.8, 4) is 11.5 Å². The van der Waals surface area contributed by atoms with E-state index in [1.54, 1.807) is 6.07 Å². The van der Waals surface area contributed by atoms with Gasteiger partial charge in [-0.3, -0.25) is 0 Å². The van der Waals surface area contributed by atoms with E-state index in [1.807, 2.05) is 25.2 Å². The number of ether oxygens (including phenoxy) is 1. The van der Waals surface area contributed by atoms with Crippen LogP contribution in [0.1, 0.15) is 31.9 Å². The van der Waals surface area contributed by atoms with Gasteiger partial charge in [0.05, 0.1) is 0 Å². The van der Waals surface area contributed by atoms with Crippen molar-refractivity contribution >= 4 is 0 Å². The predicted molar refractivity (Wildman–Crippen MR) is 84.4 cm³/mol. The van der Waals surface area contributed by atoms with Gasteiger partial charge in [0.15, 0.2) is 0 Å². The summed E-state index contributed by atoms with van der Waals surface area (Å²) in [7, 11) is 1.83. The average molecular weight is 287 g/mol. The summed E-state index contributed by atoms with van der Waals surface area (Å²) in [4.78, 5) is 0. The van der Waals surface area contributed by atoms with Crippen molar-refractivity contribution in [1.29, 1.82) is 0 Å². The molecule has 0 aromatic heterocycles. The van der Waals surface area contributed by atoms with Crippen molar-refractivity contribution in [3.05, 3.63) is 59.4 Å². The smallest absolute Gasteiger partial charge is 0.132 e. The zero-order valence-electron chi connectivity index (χ0n) is 13.0. The second-order valence-corrected chi connectivity index (χ2v) is 6.16. The molecule has 3 heteroatoms.